The highest BCUT2D eigenvalue weighted by atomic mass is 32.1. The van der Waals surface area contributed by atoms with Crippen molar-refractivity contribution in [2.45, 2.75) is 26.9 Å². The third-order valence-corrected chi connectivity index (χ3v) is 3.72. The molecule has 0 amide bonds. The molecule has 0 fully saturated rings. The molecule has 1 aromatic heterocycles. The lowest BCUT2D eigenvalue weighted by Crippen LogP contribution is -2.12. The maximum absolute atomic E-state index is 12.9. The molecule has 0 atom stereocenters. The van der Waals surface area contributed by atoms with Gasteiger partial charge >= 0.3 is 0 Å². The van der Waals surface area contributed by atoms with E-state index < -0.39 is 0 Å². The summed E-state index contributed by atoms with van der Waals surface area (Å²) >= 11 is 1.81. The molecule has 0 bridgehead atoms. The summed E-state index contributed by atoms with van der Waals surface area (Å²) in [7, 11) is 0. The van der Waals surface area contributed by atoms with Crippen LogP contribution < -0.4 is 5.32 Å². The molecule has 90 valence electrons. The van der Waals surface area contributed by atoms with Crippen molar-refractivity contribution < 1.29 is 4.39 Å². The summed E-state index contributed by atoms with van der Waals surface area (Å²) in [4.78, 5) is 2.67. The molecule has 0 aliphatic carbocycles. The molecule has 1 N–H and O–H groups in total. The first-order valence-corrected chi connectivity index (χ1v) is 6.48. The zero-order chi connectivity index (χ0) is 12.3. The van der Waals surface area contributed by atoms with Crippen LogP contribution in [0.5, 0.6) is 0 Å². The number of halogens is 1. The van der Waals surface area contributed by atoms with Gasteiger partial charge in [-0.2, -0.15) is 0 Å². The van der Waals surface area contributed by atoms with Gasteiger partial charge in [0, 0.05) is 22.8 Å². The molecule has 0 saturated heterocycles. The molecule has 1 heterocycles. The predicted molar refractivity (Wildman–Crippen MR) is 70.7 cm³/mol. The van der Waals surface area contributed by atoms with E-state index >= 15 is 0 Å². The third kappa shape index (κ3) is 3.38. The van der Waals surface area contributed by atoms with Gasteiger partial charge < -0.3 is 5.32 Å². The fourth-order valence-electron chi connectivity index (χ4n) is 1.76. The molecule has 0 saturated carbocycles. The van der Waals surface area contributed by atoms with E-state index in [9.17, 15) is 4.39 Å². The summed E-state index contributed by atoms with van der Waals surface area (Å²) in [6.07, 6.45) is 0. The van der Waals surface area contributed by atoms with Crippen molar-refractivity contribution in [3.8, 4) is 0 Å². The first-order chi connectivity index (χ1) is 8.15. The van der Waals surface area contributed by atoms with E-state index in [2.05, 4.69) is 24.4 Å². The Morgan fingerprint density at radius 1 is 1.12 bits per heavy atom. The van der Waals surface area contributed by atoms with E-state index in [1.54, 1.807) is 6.07 Å². The van der Waals surface area contributed by atoms with Crippen molar-refractivity contribution in [1.82, 2.24) is 5.32 Å². The van der Waals surface area contributed by atoms with E-state index in [-0.39, 0.29) is 5.82 Å². The molecule has 2 rings (SSSR count). The zero-order valence-electron chi connectivity index (χ0n) is 10.1. The summed E-state index contributed by atoms with van der Waals surface area (Å²) in [5.74, 6) is -0.167. The molecule has 0 unspecified atom stereocenters. The fraction of sp³-hybridized carbons (Fsp3) is 0.286. The third-order valence-electron chi connectivity index (χ3n) is 2.72. The average molecular weight is 249 g/mol. The van der Waals surface area contributed by atoms with E-state index in [1.165, 1.54) is 15.8 Å². The standard InChI is InChI=1S/C14H16FNS/c1-10-7-13(15)5-4-12(10)8-16-9-14-6-3-11(2)17-14/h3-7,16H,8-9H2,1-2H3. The van der Waals surface area contributed by atoms with Crippen molar-refractivity contribution in [2.24, 2.45) is 0 Å². The quantitative estimate of drug-likeness (QED) is 0.869. The number of hydrogen-bond acceptors (Lipinski definition) is 2. The molecule has 0 spiro atoms. The van der Waals surface area contributed by atoms with Gasteiger partial charge in [-0.1, -0.05) is 6.07 Å². The topological polar surface area (TPSA) is 12.0 Å². The van der Waals surface area contributed by atoms with Crippen LogP contribution >= 0.6 is 11.3 Å². The summed E-state index contributed by atoms with van der Waals surface area (Å²) in [6, 6.07) is 9.21. The molecule has 0 aliphatic rings. The molecule has 0 radical (unpaired) electrons. The summed E-state index contributed by atoms with van der Waals surface area (Å²) < 4.78 is 12.9. The predicted octanol–water partition coefficient (Wildman–Crippen LogP) is 3.79. The van der Waals surface area contributed by atoms with Crippen LogP contribution in [0.4, 0.5) is 4.39 Å². The van der Waals surface area contributed by atoms with Crippen molar-refractivity contribution in [3.05, 3.63) is 57.0 Å². The van der Waals surface area contributed by atoms with Crippen LogP contribution in [0.2, 0.25) is 0 Å². The number of hydrogen-bond donors (Lipinski definition) is 1. The Hall–Kier alpha value is -1.19. The van der Waals surface area contributed by atoms with E-state index in [1.807, 2.05) is 24.3 Å². The van der Waals surface area contributed by atoms with Crippen LogP contribution in [0.1, 0.15) is 20.9 Å². The van der Waals surface area contributed by atoms with Gasteiger partial charge in [-0.05, 0) is 49.2 Å². The second-order valence-corrected chi connectivity index (χ2v) is 5.56. The zero-order valence-corrected chi connectivity index (χ0v) is 10.9. The van der Waals surface area contributed by atoms with Crippen LogP contribution in [0, 0.1) is 19.7 Å². The highest BCUT2D eigenvalue weighted by Gasteiger charge is 2.00. The second kappa shape index (κ2) is 5.43. The van der Waals surface area contributed by atoms with Gasteiger partial charge in [-0.3, -0.25) is 0 Å². The first kappa shape index (κ1) is 12.3. The van der Waals surface area contributed by atoms with Gasteiger partial charge in [0.2, 0.25) is 0 Å². The van der Waals surface area contributed by atoms with Crippen LogP contribution in [0.15, 0.2) is 30.3 Å². The normalized spacial score (nSPS) is 10.8. The largest absolute Gasteiger partial charge is 0.308 e. The van der Waals surface area contributed by atoms with Crippen molar-refractivity contribution in [1.29, 1.82) is 0 Å². The molecule has 0 aliphatic heterocycles. The van der Waals surface area contributed by atoms with Gasteiger partial charge in [0.05, 0.1) is 0 Å². The average Bonchev–Trinajstić information content (AvgIpc) is 2.68. The maximum Gasteiger partial charge on any atom is 0.123 e. The maximum atomic E-state index is 12.9. The minimum Gasteiger partial charge on any atom is -0.308 e. The fourth-order valence-corrected chi connectivity index (χ4v) is 2.62. The molecule has 3 heteroatoms. The van der Waals surface area contributed by atoms with Gasteiger partial charge in [-0.25, -0.2) is 4.39 Å². The molecular formula is C14H16FNS. The Labute approximate surface area is 105 Å². The number of aryl methyl sites for hydroxylation is 2. The lowest BCUT2D eigenvalue weighted by atomic mass is 10.1. The number of thiophene rings is 1. The van der Waals surface area contributed by atoms with E-state index in [0.717, 1.165) is 24.2 Å². The molecule has 17 heavy (non-hydrogen) atoms. The monoisotopic (exact) mass is 249 g/mol. The van der Waals surface area contributed by atoms with Crippen LogP contribution in [0.25, 0.3) is 0 Å². The molecule has 1 aromatic carbocycles. The Bertz CT molecular complexity index is 505. The minimum absolute atomic E-state index is 0.167. The Morgan fingerprint density at radius 3 is 2.59 bits per heavy atom. The summed E-state index contributed by atoms with van der Waals surface area (Å²) in [5, 5.41) is 3.38. The summed E-state index contributed by atoms with van der Waals surface area (Å²) in [5.41, 5.74) is 2.15. The second-order valence-electron chi connectivity index (χ2n) is 4.19. The van der Waals surface area contributed by atoms with E-state index in [0.29, 0.717) is 0 Å². The Morgan fingerprint density at radius 2 is 1.94 bits per heavy atom. The molecule has 2 aromatic rings. The van der Waals surface area contributed by atoms with Gasteiger partial charge in [0.25, 0.3) is 0 Å². The van der Waals surface area contributed by atoms with Crippen LogP contribution in [0.3, 0.4) is 0 Å². The molecule has 1 nitrogen and oxygen atoms in total. The number of rotatable bonds is 4. The highest BCUT2D eigenvalue weighted by molar-refractivity contribution is 7.11. The number of nitrogens with one attached hydrogen (secondary N) is 1. The van der Waals surface area contributed by atoms with Crippen molar-refractivity contribution in [3.63, 3.8) is 0 Å². The SMILES string of the molecule is Cc1ccc(CNCc2ccc(F)cc2C)s1. The summed E-state index contributed by atoms with van der Waals surface area (Å²) in [6.45, 7) is 5.70. The van der Waals surface area contributed by atoms with Crippen molar-refractivity contribution in [2.75, 3.05) is 0 Å². The lowest BCUT2D eigenvalue weighted by Gasteiger charge is -2.07. The highest BCUT2D eigenvalue weighted by Crippen LogP contribution is 2.15. The lowest BCUT2D eigenvalue weighted by molar-refractivity contribution is 0.623. The van der Waals surface area contributed by atoms with Gasteiger partial charge in [0.15, 0.2) is 0 Å². The first-order valence-electron chi connectivity index (χ1n) is 5.66. The minimum atomic E-state index is -0.167. The van der Waals surface area contributed by atoms with Gasteiger partial charge in [-0.15, -0.1) is 11.3 Å². The van der Waals surface area contributed by atoms with E-state index in [4.69, 9.17) is 0 Å². The number of benzene rings is 1. The van der Waals surface area contributed by atoms with Crippen molar-refractivity contribution >= 4 is 11.3 Å². The smallest absolute Gasteiger partial charge is 0.123 e. The molecular weight excluding hydrogens is 233 g/mol. The Balaban J connectivity index is 1.90. The van der Waals surface area contributed by atoms with Crippen LogP contribution in [-0.2, 0) is 13.1 Å². The van der Waals surface area contributed by atoms with Gasteiger partial charge in [0.1, 0.15) is 5.82 Å². The van der Waals surface area contributed by atoms with Crippen LogP contribution in [-0.4, -0.2) is 0 Å². The Kier molecular flexibility index (Phi) is 3.92.